The molecule has 0 bridgehead atoms. The van der Waals surface area contributed by atoms with Gasteiger partial charge in [-0.05, 0) is 0 Å². The molecule has 22 heavy (non-hydrogen) atoms. The topological polar surface area (TPSA) is 110 Å². The van der Waals surface area contributed by atoms with Gasteiger partial charge in [-0.3, -0.25) is 0 Å². The number of rotatable bonds is 2. The maximum absolute atomic E-state index is 7.25. The summed E-state index contributed by atoms with van der Waals surface area (Å²) in [7, 11) is 0. The van der Waals surface area contributed by atoms with Crippen molar-refractivity contribution in [2.24, 2.45) is 0 Å². The Labute approximate surface area is 162 Å². The van der Waals surface area contributed by atoms with Crippen molar-refractivity contribution in [2.75, 3.05) is 0 Å². The first-order valence-corrected chi connectivity index (χ1v) is 6.71. The Morgan fingerprint density at radius 1 is 1.00 bits per heavy atom. The van der Waals surface area contributed by atoms with Crippen LogP contribution in [-0.2, 0) is 34.7 Å². The predicted molar refractivity (Wildman–Crippen MR) is 83.3 cm³/mol. The summed E-state index contributed by atoms with van der Waals surface area (Å²) >= 11 is 2.58. The Balaban J connectivity index is -0.0000000369. The zero-order chi connectivity index (χ0) is 15.2. The van der Waals surface area contributed by atoms with Gasteiger partial charge in [0.2, 0.25) is 0 Å². The zero-order valence-electron chi connectivity index (χ0n) is 12.1. The summed E-state index contributed by atoms with van der Waals surface area (Å²) in [6.45, 7) is 2.20. The quantitative estimate of drug-likeness (QED) is 0.523. The monoisotopic (exact) mass is 446 g/mol. The van der Waals surface area contributed by atoms with Crippen LogP contribution in [0, 0.1) is 34.1 Å². The molecule has 0 spiro atoms. The molecule has 5 nitrogen and oxygen atoms in total. The molecule has 2 rings (SSSR count). The fourth-order valence-corrected chi connectivity index (χ4v) is 1.32. The van der Waals surface area contributed by atoms with E-state index in [9.17, 15) is 0 Å². The minimum Gasteiger partial charge on any atom is -0.999 e. The first kappa shape index (κ1) is 37.6. The van der Waals surface area contributed by atoms with Gasteiger partial charge < -0.3 is 56.8 Å². The normalized spacial score (nSPS) is 5.91. The number of unbranched alkanes of at least 4 members (excludes halogenated alkanes) is 1. The van der Waals surface area contributed by atoms with Crippen LogP contribution in [0.15, 0.2) is 36.4 Å². The number of nitrogens with zero attached hydrogens (tertiary/aromatic N) is 2. The maximum Gasteiger partial charge on any atom is 6.00 e. The average Bonchev–Trinajstić information content (AvgIpc) is 3.22. The van der Waals surface area contributed by atoms with Crippen molar-refractivity contribution < 1.29 is 40.2 Å². The van der Waals surface area contributed by atoms with Crippen LogP contribution >= 0.6 is 0 Å². The summed E-state index contributed by atoms with van der Waals surface area (Å²) in [6.07, 6.45) is 2.69. The second kappa shape index (κ2) is 49.9. The van der Waals surface area contributed by atoms with E-state index in [2.05, 4.69) is 47.2 Å². The molecule has 0 aliphatic heterocycles. The molecule has 0 amide bonds. The van der Waals surface area contributed by atoms with Gasteiger partial charge in [0.1, 0.15) is 0 Å². The van der Waals surface area contributed by atoms with E-state index in [1.807, 2.05) is 30.3 Å². The van der Waals surface area contributed by atoms with Crippen molar-refractivity contribution in [3.63, 3.8) is 0 Å². The Morgan fingerprint density at radius 2 is 1.41 bits per heavy atom. The van der Waals surface area contributed by atoms with E-state index in [4.69, 9.17) is 21.0 Å². The van der Waals surface area contributed by atoms with Gasteiger partial charge in [0, 0.05) is 0 Å². The van der Waals surface area contributed by atoms with Crippen molar-refractivity contribution in [2.45, 2.75) is 25.1 Å². The summed E-state index contributed by atoms with van der Waals surface area (Å²) < 4.78 is 0. The van der Waals surface area contributed by atoms with Crippen molar-refractivity contribution in [3.8, 4) is 0 Å². The smallest absolute Gasteiger partial charge is 0.999 e. The second-order valence-electron chi connectivity index (χ2n) is 2.72. The molecule has 2 aromatic carbocycles. The molecule has 2 N–H and O–H groups in total. The van der Waals surface area contributed by atoms with Gasteiger partial charge in [0.15, 0.2) is 0 Å². The van der Waals surface area contributed by atoms with E-state index < -0.39 is 0 Å². The van der Waals surface area contributed by atoms with E-state index in [1.165, 1.54) is 18.2 Å². The van der Waals surface area contributed by atoms with E-state index in [0.29, 0.717) is 0 Å². The first-order chi connectivity index (χ1) is 9.41. The summed E-state index contributed by atoms with van der Waals surface area (Å²) in [5, 5.41) is 1.28. The van der Waals surface area contributed by atoms with Crippen LogP contribution in [0.5, 0.6) is 0 Å². The summed E-state index contributed by atoms with van der Waals surface area (Å²) in [4.78, 5) is 14.5. The van der Waals surface area contributed by atoms with Gasteiger partial charge in [0.25, 0.3) is 0 Å². The van der Waals surface area contributed by atoms with Crippen LogP contribution < -0.4 is 0 Å². The molecule has 0 unspecified atom stereocenters. The van der Waals surface area contributed by atoms with E-state index in [0.717, 1.165) is 0 Å². The fourth-order valence-electron chi connectivity index (χ4n) is 0.659. The molecule has 0 saturated heterocycles. The van der Waals surface area contributed by atoms with Crippen molar-refractivity contribution in [3.05, 3.63) is 81.7 Å². The average molecular weight is 445 g/mol. The Morgan fingerprint density at radius 3 is 1.50 bits per heavy atom. The van der Waals surface area contributed by atoms with Crippen molar-refractivity contribution in [1.29, 1.82) is 0 Å². The van der Waals surface area contributed by atoms with E-state index in [1.54, 1.807) is 6.07 Å². The van der Waals surface area contributed by atoms with Crippen LogP contribution in [0.2, 0.25) is 5.32 Å². The molecule has 116 valence electrons. The number of nitroso groups, excluding NO2 is 2. The largest absolute Gasteiger partial charge is 6.00 e. The fraction of sp³-hybridized carbons (Fsp3) is 0.286. The second-order valence-corrected chi connectivity index (χ2v) is 3.66. The van der Waals surface area contributed by atoms with Gasteiger partial charge in [0.05, 0.1) is 0 Å². The maximum atomic E-state index is 7.25. The molecular formula is C14H18Cr2N2O3Se+4. The third-order valence-corrected chi connectivity index (χ3v) is 2.08. The Kier molecular flexibility index (Phi) is 85.3. The first-order valence-electron chi connectivity index (χ1n) is 5.38. The van der Waals surface area contributed by atoms with Gasteiger partial charge in [-0.1, -0.05) is 0 Å². The molecular weight excluding hydrogens is 427 g/mol. The molecule has 0 aliphatic rings. The summed E-state index contributed by atoms with van der Waals surface area (Å²) in [6, 6.07) is 22.0. The summed E-state index contributed by atoms with van der Waals surface area (Å²) in [5.74, 6) is 0. The molecule has 0 aliphatic carbocycles. The SMILES string of the molecule is CCCC[SeH].O.[Cr+6].[Cr+6].[N-]=O.[N-]=O.[c-]1[c-][c-][cH-][c-]1.c1cc[cH-]c1. The van der Waals surface area contributed by atoms with Crippen molar-refractivity contribution in [1.82, 2.24) is 0 Å². The molecule has 0 radical (unpaired) electrons. The molecule has 0 aromatic heterocycles. The van der Waals surface area contributed by atoms with Crippen molar-refractivity contribution >= 4 is 16.0 Å². The predicted octanol–water partition coefficient (Wildman–Crippen LogP) is 2.93. The minimum absolute atomic E-state index is 0. The van der Waals surface area contributed by atoms with Crippen LogP contribution in [0.1, 0.15) is 19.8 Å². The molecule has 0 atom stereocenters. The van der Waals surface area contributed by atoms with Gasteiger partial charge in [-0.15, -0.1) is 0 Å². The molecule has 0 heterocycles. The zero-order valence-corrected chi connectivity index (χ0v) is 16.5. The van der Waals surface area contributed by atoms with Gasteiger partial charge >= 0.3 is 75.8 Å². The van der Waals surface area contributed by atoms with Crippen LogP contribution in [0.25, 0.3) is 11.2 Å². The summed E-state index contributed by atoms with van der Waals surface area (Å²) in [5.41, 5.74) is 11.5. The standard InChI is InChI=1S/C5H5.C5H.C4H10Se.2Cr.2NO.H2O/c2*1-2-4-5-3-1;1-2-3-4-5;;;2*1-2;/h1-5H;1H;5H,2-4H2,1H3;;;;;1H2/q-1;-5;;2*+6;2*-1;. The molecule has 0 saturated carbocycles. The minimum atomic E-state index is 0. The molecule has 2 aromatic rings. The molecule has 8 heteroatoms. The molecule has 0 fully saturated rings. The van der Waals surface area contributed by atoms with E-state index >= 15 is 0 Å². The van der Waals surface area contributed by atoms with Gasteiger partial charge in [-0.25, -0.2) is 12.1 Å². The number of hydrogen-bond acceptors (Lipinski definition) is 2. The third-order valence-electron chi connectivity index (χ3n) is 1.42. The number of hydrogen-bond donors (Lipinski definition) is 0. The van der Waals surface area contributed by atoms with Crippen LogP contribution in [0.4, 0.5) is 0 Å². The van der Waals surface area contributed by atoms with Gasteiger partial charge in [-0.2, -0.15) is 18.2 Å². The Bertz CT molecular complexity index is 234. The third kappa shape index (κ3) is 50.5. The Hall–Kier alpha value is -0.556. The van der Waals surface area contributed by atoms with Crippen LogP contribution in [0.3, 0.4) is 0 Å². The van der Waals surface area contributed by atoms with Crippen LogP contribution in [-0.4, -0.2) is 21.5 Å². The van der Waals surface area contributed by atoms with E-state index in [-0.39, 0.29) is 40.2 Å².